The Balaban J connectivity index is 1.27. The molecule has 1 unspecified atom stereocenters. The minimum Gasteiger partial charge on any atom is -0.406 e. The fourth-order valence-electron chi connectivity index (χ4n) is 5.01. The van der Waals surface area contributed by atoms with Gasteiger partial charge in [0.2, 0.25) is 0 Å². The number of fused-ring (bicyclic) bond motifs is 3. The highest BCUT2D eigenvalue weighted by Gasteiger charge is 2.43. The summed E-state index contributed by atoms with van der Waals surface area (Å²) in [7, 11) is 0. The van der Waals surface area contributed by atoms with Crippen molar-refractivity contribution in [3.63, 3.8) is 0 Å². The van der Waals surface area contributed by atoms with E-state index in [9.17, 15) is 18.3 Å². The number of alkyl halides is 3. The second-order valence-electron chi connectivity index (χ2n) is 8.23. The molecule has 0 radical (unpaired) electrons. The van der Waals surface area contributed by atoms with Crippen LogP contribution in [-0.4, -0.2) is 23.6 Å². The van der Waals surface area contributed by atoms with Crippen LogP contribution in [0.4, 0.5) is 13.2 Å². The SMILES string of the molecule is O[C@@H]1C(C2c3ccccc3-c3ccccc32)CC[C@H]1NSc1ccc(OC(F)(F)F)cc1. The summed E-state index contributed by atoms with van der Waals surface area (Å²) in [6.45, 7) is 0. The zero-order valence-corrected chi connectivity index (χ0v) is 17.9. The number of nitrogens with one attached hydrogen (secondary N) is 1. The quantitative estimate of drug-likeness (QED) is 0.452. The molecule has 1 saturated carbocycles. The number of hydrogen-bond acceptors (Lipinski definition) is 4. The van der Waals surface area contributed by atoms with E-state index in [0.717, 1.165) is 17.7 Å². The Bertz CT molecular complexity index is 1060. The average Bonchev–Trinajstić information content (AvgIpc) is 3.29. The van der Waals surface area contributed by atoms with Gasteiger partial charge in [-0.05, 0) is 77.2 Å². The van der Waals surface area contributed by atoms with Gasteiger partial charge in [-0.3, -0.25) is 4.72 Å². The molecule has 0 amide bonds. The van der Waals surface area contributed by atoms with Crippen molar-refractivity contribution in [3.8, 4) is 16.9 Å². The van der Waals surface area contributed by atoms with E-state index in [1.807, 2.05) is 0 Å². The molecule has 5 rings (SSSR count). The summed E-state index contributed by atoms with van der Waals surface area (Å²) < 4.78 is 44.2. The standard InChI is InChI=1S/C25H22F3NO2S/c26-25(27,28)31-15-9-11-16(12-10-15)32-29-22-14-13-21(24(22)30)23-19-7-3-1-5-17(19)18-6-2-4-8-20(18)23/h1-12,21-24,29-30H,13-14H2/t21?,22-,24-/m1/s1. The lowest BCUT2D eigenvalue weighted by Crippen LogP contribution is -2.36. The van der Waals surface area contributed by atoms with E-state index >= 15 is 0 Å². The topological polar surface area (TPSA) is 41.5 Å². The molecule has 7 heteroatoms. The van der Waals surface area contributed by atoms with Crippen molar-refractivity contribution in [1.82, 2.24) is 4.72 Å². The summed E-state index contributed by atoms with van der Waals surface area (Å²) >= 11 is 1.32. The van der Waals surface area contributed by atoms with Gasteiger partial charge in [0.1, 0.15) is 5.75 Å². The van der Waals surface area contributed by atoms with Crippen LogP contribution in [0.2, 0.25) is 0 Å². The zero-order valence-electron chi connectivity index (χ0n) is 17.0. The number of ether oxygens (including phenoxy) is 1. The van der Waals surface area contributed by atoms with Gasteiger partial charge in [-0.1, -0.05) is 48.5 Å². The summed E-state index contributed by atoms with van der Waals surface area (Å²) in [5.41, 5.74) is 5.03. The van der Waals surface area contributed by atoms with Crippen molar-refractivity contribution in [2.45, 2.75) is 42.2 Å². The molecule has 2 aliphatic rings. The van der Waals surface area contributed by atoms with E-state index in [4.69, 9.17) is 0 Å². The maximum Gasteiger partial charge on any atom is 0.573 e. The second-order valence-corrected chi connectivity index (χ2v) is 9.14. The van der Waals surface area contributed by atoms with Gasteiger partial charge in [-0.25, -0.2) is 0 Å². The first kappa shape index (κ1) is 21.4. The Morgan fingerprint density at radius 1 is 0.844 bits per heavy atom. The van der Waals surface area contributed by atoms with Crippen molar-refractivity contribution in [2.75, 3.05) is 0 Å². The van der Waals surface area contributed by atoms with Crippen LogP contribution in [0, 0.1) is 5.92 Å². The fourth-order valence-corrected chi connectivity index (χ4v) is 5.83. The van der Waals surface area contributed by atoms with Crippen LogP contribution >= 0.6 is 11.9 Å². The molecule has 0 saturated heterocycles. The molecule has 0 heterocycles. The van der Waals surface area contributed by atoms with Crippen LogP contribution in [0.5, 0.6) is 5.75 Å². The number of hydrogen-bond donors (Lipinski definition) is 2. The van der Waals surface area contributed by atoms with Crippen LogP contribution in [0.25, 0.3) is 11.1 Å². The number of halogens is 3. The maximum absolute atomic E-state index is 12.3. The van der Waals surface area contributed by atoms with E-state index in [0.29, 0.717) is 0 Å². The van der Waals surface area contributed by atoms with Crippen molar-refractivity contribution >= 4 is 11.9 Å². The predicted octanol–water partition coefficient (Wildman–Crippen LogP) is 6.13. The van der Waals surface area contributed by atoms with E-state index in [1.54, 1.807) is 12.1 Å². The first-order valence-electron chi connectivity index (χ1n) is 10.6. The van der Waals surface area contributed by atoms with E-state index in [2.05, 4.69) is 58.0 Å². The molecule has 166 valence electrons. The lowest BCUT2D eigenvalue weighted by atomic mass is 9.82. The molecule has 0 aromatic heterocycles. The Morgan fingerprint density at radius 3 is 2.03 bits per heavy atom. The molecule has 3 nitrogen and oxygen atoms in total. The number of aliphatic hydroxyl groups excluding tert-OH is 1. The third kappa shape index (κ3) is 4.12. The van der Waals surface area contributed by atoms with Crippen LogP contribution in [0.15, 0.2) is 77.7 Å². The number of aliphatic hydroxyl groups is 1. The van der Waals surface area contributed by atoms with Crippen molar-refractivity contribution in [1.29, 1.82) is 0 Å². The largest absolute Gasteiger partial charge is 0.573 e. The van der Waals surface area contributed by atoms with E-state index in [1.165, 1.54) is 46.3 Å². The Labute approximate surface area is 188 Å². The minimum absolute atomic E-state index is 0.0976. The van der Waals surface area contributed by atoms with Gasteiger partial charge < -0.3 is 9.84 Å². The summed E-state index contributed by atoms with van der Waals surface area (Å²) in [6, 6.07) is 22.4. The molecule has 3 aromatic carbocycles. The van der Waals surface area contributed by atoms with Crippen LogP contribution in [0.1, 0.15) is 29.9 Å². The van der Waals surface area contributed by atoms with Gasteiger partial charge in [0.15, 0.2) is 0 Å². The summed E-state index contributed by atoms with van der Waals surface area (Å²) in [5.74, 6) is 0.00911. The highest BCUT2D eigenvalue weighted by atomic mass is 32.2. The number of benzene rings is 3. The first-order chi connectivity index (χ1) is 15.4. The second kappa shape index (κ2) is 8.46. The molecule has 2 N–H and O–H groups in total. The molecule has 3 atom stereocenters. The van der Waals surface area contributed by atoms with Crippen molar-refractivity contribution in [3.05, 3.63) is 83.9 Å². The molecule has 0 spiro atoms. The van der Waals surface area contributed by atoms with Crippen LogP contribution in [-0.2, 0) is 0 Å². The van der Waals surface area contributed by atoms with Crippen LogP contribution in [0.3, 0.4) is 0 Å². The van der Waals surface area contributed by atoms with Crippen LogP contribution < -0.4 is 9.46 Å². The van der Waals surface area contributed by atoms with Crippen molar-refractivity contribution < 1.29 is 23.0 Å². The summed E-state index contributed by atoms with van der Waals surface area (Å²) in [4.78, 5) is 0.756. The molecule has 1 fully saturated rings. The third-order valence-corrected chi connectivity index (χ3v) is 7.29. The van der Waals surface area contributed by atoms with Crippen molar-refractivity contribution in [2.24, 2.45) is 5.92 Å². The van der Waals surface area contributed by atoms with Gasteiger partial charge in [0.05, 0.1) is 6.10 Å². The highest BCUT2D eigenvalue weighted by molar-refractivity contribution is 7.97. The molecule has 0 aliphatic heterocycles. The predicted molar refractivity (Wildman–Crippen MR) is 118 cm³/mol. The van der Waals surface area contributed by atoms with E-state index < -0.39 is 12.5 Å². The number of rotatable bonds is 5. The fraction of sp³-hybridized carbons (Fsp3) is 0.280. The lowest BCUT2D eigenvalue weighted by molar-refractivity contribution is -0.274. The molecule has 32 heavy (non-hydrogen) atoms. The lowest BCUT2D eigenvalue weighted by Gasteiger charge is -2.26. The Morgan fingerprint density at radius 2 is 1.44 bits per heavy atom. The minimum atomic E-state index is -4.70. The van der Waals surface area contributed by atoms with Gasteiger partial charge in [-0.2, -0.15) is 0 Å². The maximum atomic E-state index is 12.3. The smallest absolute Gasteiger partial charge is 0.406 e. The average molecular weight is 458 g/mol. The molecule has 3 aromatic rings. The van der Waals surface area contributed by atoms with E-state index in [-0.39, 0.29) is 23.6 Å². The Kier molecular flexibility index (Phi) is 5.65. The van der Waals surface area contributed by atoms with Gasteiger partial charge in [0.25, 0.3) is 0 Å². The summed E-state index contributed by atoms with van der Waals surface area (Å²) in [5, 5.41) is 11.2. The molecular weight excluding hydrogens is 435 g/mol. The highest BCUT2D eigenvalue weighted by Crippen LogP contribution is 2.52. The summed E-state index contributed by atoms with van der Waals surface area (Å²) in [6.07, 6.45) is -3.51. The molecular formula is C25H22F3NO2S. The zero-order chi connectivity index (χ0) is 22.3. The third-order valence-electron chi connectivity index (χ3n) is 6.36. The van der Waals surface area contributed by atoms with Gasteiger partial charge >= 0.3 is 6.36 Å². The first-order valence-corrected chi connectivity index (χ1v) is 11.4. The normalized spacial score (nSPS) is 22.6. The van der Waals surface area contributed by atoms with Gasteiger partial charge in [-0.15, -0.1) is 13.2 Å². The molecule has 0 bridgehead atoms. The Hall–Kier alpha value is -2.48. The van der Waals surface area contributed by atoms with Gasteiger partial charge in [0, 0.05) is 16.9 Å². The monoisotopic (exact) mass is 457 g/mol. The molecule has 2 aliphatic carbocycles.